The quantitative estimate of drug-likeness (QED) is 0.669. The van der Waals surface area contributed by atoms with E-state index in [4.69, 9.17) is 0 Å². The molecule has 0 aromatic heterocycles. The first-order valence-corrected chi connectivity index (χ1v) is 5.56. The summed E-state index contributed by atoms with van der Waals surface area (Å²) in [4.78, 5) is 13.0. The van der Waals surface area contributed by atoms with Crippen LogP contribution in [0.25, 0.3) is 0 Å². The zero-order chi connectivity index (χ0) is 12.6. The number of rotatable bonds is 1. The van der Waals surface area contributed by atoms with Gasteiger partial charge in [0.1, 0.15) is 0 Å². The van der Waals surface area contributed by atoms with Gasteiger partial charge < -0.3 is 4.74 Å². The second kappa shape index (κ2) is 4.23. The molecule has 0 aliphatic carbocycles. The molecule has 0 radical (unpaired) electrons. The summed E-state index contributed by atoms with van der Waals surface area (Å²) in [7, 11) is 0. The molecule has 0 saturated carbocycles. The Labute approximate surface area is 97.2 Å². The van der Waals surface area contributed by atoms with Crippen LogP contribution in [0.15, 0.2) is 11.6 Å². The van der Waals surface area contributed by atoms with Crippen LogP contribution in [0.1, 0.15) is 26.2 Å². The van der Waals surface area contributed by atoms with Crippen molar-refractivity contribution < 1.29 is 22.7 Å². The number of hydrogen-bond donors (Lipinski definition) is 0. The normalized spacial score (nSPS) is 28.0. The molecule has 0 aromatic rings. The summed E-state index contributed by atoms with van der Waals surface area (Å²) in [6.07, 6.45) is -0.992. The highest BCUT2D eigenvalue weighted by Crippen LogP contribution is 2.35. The fourth-order valence-corrected chi connectivity index (χ4v) is 2.55. The maximum atomic E-state index is 11.9. The average Bonchev–Trinajstić information content (AvgIpc) is 2.47. The lowest BCUT2D eigenvalue weighted by atomic mass is 10.0. The summed E-state index contributed by atoms with van der Waals surface area (Å²) < 4.78 is 40.1. The molecule has 1 saturated heterocycles. The third-order valence-corrected chi connectivity index (χ3v) is 3.15. The minimum Gasteiger partial charge on any atom is -0.440 e. The largest absolute Gasteiger partial charge is 0.440 e. The fourth-order valence-electron chi connectivity index (χ4n) is 2.55. The van der Waals surface area contributed by atoms with E-state index in [1.165, 1.54) is 10.5 Å². The van der Waals surface area contributed by atoms with E-state index >= 15 is 0 Å². The smallest absolute Gasteiger partial charge is 0.422 e. The van der Waals surface area contributed by atoms with Crippen LogP contribution in [0.2, 0.25) is 0 Å². The standard InChI is InChI=1S/C11H14F3NO2/c1-7-4-8-2-3-9(5-7)15(8)10(16)17-6-11(12,13)14/h4,8-9H,2-3,5-6H2,1H3. The SMILES string of the molecule is CC1=CC2CCC(C1)N2C(=O)OCC(F)(F)F. The number of hydrogen-bond acceptors (Lipinski definition) is 2. The molecule has 6 heteroatoms. The average molecular weight is 249 g/mol. The van der Waals surface area contributed by atoms with Gasteiger partial charge in [0.25, 0.3) is 0 Å². The van der Waals surface area contributed by atoms with Crippen molar-refractivity contribution >= 4 is 6.09 Å². The lowest BCUT2D eigenvalue weighted by Crippen LogP contribution is -2.44. The molecule has 17 heavy (non-hydrogen) atoms. The van der Waals surface area contributed by atoms with Crippen molar-refractivity contribution in [1.82, 2.24) is 4.90 Å². The van der Waals surface area contributed by atoms with Crippen molar-refractivity contribution in [3.8, 4) is 0 Å². The van der Waals surface area contributed by atoms with E-state index in [1.807, 2.05) is 13.0 Å². The summed E-state index contributed by atoms with van der Waals surface area (Å²) in [6, 6.07) is -0.0831. The Morgan fingerprint density at radius 1 is 1.53 bits per heavy atom. The van der Waals surface area contributed by atoms with Crippen LogP contribution in [0.3, 0.4) is 0 Å². The van der Waals surface area contributed by atoms with Crippen LogP contribution < -0.4 is 0 Å². The zero-order valence-corrected chi connectivity index (χ0v) is 9.46. The summed E-state index contributed by atoms with van der Waals surface area (Å²) >= 11 is 0. The topological polar surface area (TPSA) is 29.5 Å². The number of amides is 1. The Hall–Kier alpha value is -1.20. The lowest BCUT2D eigenvalue weighted by Gasteiger charge is -2.32. The summed E-state index contributed by atoms with van der Waals surface area (Å²) in [5, 5.41) is 0. The molecule has 1 fully saturated rings. The van der Waals surface area contributed by atoms with Crippen molar-refractivity contribution in [2.45, 2.75) is 44.4 Å². The van der Waals surface area contributed by atoms with Crippen LogP contribution in [-0.4, -0.2) is 35.9 Å². The zero-order valence-electron chi connectivity index (χ0n) is 9.46. The fraction of sp³-hybridized carbons (Fsp3) is 0.727. The first-order valence-electron chi connectivity index (χ1n) is 5.56. The van der Waals surface area contributed by atoms with Gasteiger partial charge in [0.05, 0.1) is 6.04 Å². The van der Waals surface area contributed by atoms with Gasteiger partial charge in [-0.2, -0.15) is 13.2 Å². The third-order valence-electron chi connectivity index (χ3n) is 3.15. The van der Waals surface area contributed by atoms with Gasteiger partial charge in [0.15, 0.2) is 6.61 Å². The Morgan fingerprint density at radius 3 is 2.82 bits per heavy atom. The van der Waals surface area contributed by atoms with E-state index in [-0.39, 0.29) is 12.1 Å². The first kappa shape index (κ1) is 12.3. The van der Waals surface area contributed by atoms with Gasteiger partial charge in [-0.25, -0.2) is 4.79 Å². The van der Waals surface area contributed by atoms with Crippen LogP contribution >= 0.6 is 0 Å². The van der Waals surface area contributed by atoms with Gasteiger partial charge in [0.2, 0.25) is 0 Å². The number of nitrogens with zero attached hydrogens (tertiary/aromatic N) is 1. The number of fused-ring (bicyclic) bond motifs is 2. The Kier molecular flexibility index (Phi) is 3.05. The highest BCUT2D eigenvalue weighted by Gasteiger charge is 2.41. The van der Waals surface area contributed by atoms with Crippen LogP contribution in [0, 0.1) is 0 Å². The molecular weight excluding hydrogens is 235 g/mol. The van der Waals surface area contributed by atoms with E-state index < -0.39 is 18.9 Å². The van der Waals surface area contributed by atoms with Gasteiger partial charge in [-0.3, -0.25) is 4.90 Å². The minimum absolute atomic E-state index is 0.00531. The Morgan fingerprint density at radius 2 is 2.24 bits per heavy atom. The molecule has 0 spiro atoms. The third kappa shape index (κ3) is 2.73. The predicted octanol–water partition coefficient (Wildman–Crippen LogP) is 2.87. The van der Waals surface area contributed by atoms with Crippen molar-refractivity contribution in [3.63, 3.8) is 0 Å². The number of alkyl halides is 3. The molecule has 96 valence electrons. The van der Waals surface area contributed by atoms with Gasteiger partial charge in [-0.1, -0.05) is 11.6 Å². The molecule has 2 heterocycles. The van der Waals surface area contributed by atoms with E-state index in [2.05, 4.69) is 4.74 Å². The maximum Gasteiger partial charge on any atom is 0.422 e. The predicted molar refractivity (Wildman–Crippen MR) is 54.4 cm³/mol. The minimum atomic E-state index is -4.46. The van der Waals surface area contributed by atoms with Crippen LogP contribution in [-0.2, 0) is 4.74 Å². The molecule has 2 rings (SSSR count). The second-order valence-electron chi connectivity index (χ2n) is 4.59. The molecule has 2 bridgehead atoms. The molecule has 2 unspecified atom stereocenters. The summed E-state index contributed by atoms with van der Waals surface area (Å²) in [5.41, 5.74) is 1.19. The first-order chi connectivity index (χ1) is 7.87. The molecule has 3 nitrogen and oxygen atoms in total. The van der Waals surface area contributed by atoms with Gasteiger partial charge in [-0.15, -0.1) is 0 Å². The van der Waals surface area contributed by atoms with Gasteiger partial charge in [-0.05, 0) is 26.2 Å². The molecule has 2 atom stereocenters. The number of carbonyl (C=O) groups excluding carboxylic acids is 1. The maximum absolute atomic E-state index is 11.9. The van der Waals surface area contributed by atoms with Gasteiger partial charge in [0, 0.05) is 6.04 Å². The van der Waals surface area contributed by atoms with E-state index in [0.29, 0.717) is 0 Å². The van der Waals surface area contributed by atoms with Crippen molar-refractivity contribution in [3.05, 3.63) is 11.6 Å². The lowest BCUT2D eigenvalue weighted by molar-refractivity contribution is -0.163. The number of carbonyl (C=O) groups is 1. The summed E-state index contributed by atoms with van der Waals surface area (Å²) in [6.45, 7) is 0.466. The molecule has 2 aliphatic heterocycles. The van der Waals surface area contributed by atoms with Crippen molar-refractivity contribution in [2.75, 3.05) is 6.61 Å². The number of halogens is 3. The van der Waals surface area contributed by atoms with E-state index in [0.717, 1.165) is 19.3 Å². The Balaban J connectivity index is 1.97. The Bertz CT molecular complexity index is 351. The van der Waals surface area contributed by atoms with Crippen molar-refractivity contribution in [2.24, 2.45) is 0 Å². The van der Waals surface area contributed by atoms with E-state index in [1.54, 1.807) is 0 Å². The molecule has 0 N–H and O–H groups in total. The van der Waals surface area contributed by atoms with Gasteiger partial charge >= 0.3 is 12.3 Å². The summed E-state index contributed by atoms with van der Waals surface area (Å²) in [5.74, 6) is 0. The van der Waals surface area contributed by atoms with Crippen LogP contribution in [0.4, 0.5) is 18.0 Å². The highest BCUT2D eigenvalue weighted by atomic mass is 19.4. The monoisotopic (exact) mass is 249 g/mol. The highest BCUT2D eigenvalue weighted by molar-refractivity contribution is 5.70. The number of ether oxygens (including phenoxy) is 1. The van der Waals surface area contributed by atoms with E-state index in [9.17, 15) is 18.0 Å². The molecular formula is C11H14F3NO2. The molecule has 1 amide bonds. The van der Waals surface area contributed by atoms with Crippen LogP contribution in [0.5, 0.6) is 0 Å². The molecule has 0 aromatic carbocycles. The molecule has 2 aliphatic rings. The van der Waals surface area contributed by atoms with Crippen molar-refractivity contribution in [1.29, 1.82) is 0 Å². The second-order valence-corrected chi connectivity index (χ2v) is 4.59.